The molecule has 0 unspecified atom stereocenters. The maximum Gasteiger partial charge on any atom is -0.0178 e. The van der Waals surface area contributed by atoms with E-state index < -0.39 is 0 Å². The van der Waals surface area contributed by atoms with Gasteiger partial charge in [-0.2, -0.15) is 0 Å². The summed E-state index contributed by atoms with van der Waals surface area (Å²) in [6.07, 6.45) is 0. The molecule has 0 saturated carbocycles. The van der Waals surface area contributed by atoms with E-state index in [1.807, 2.05) is 0 Å². The number of aryl methyl sites for hydroxylation is 1. The summed E-state index contributed by atoms with van der Waals surface area (Å²) in [5.41, 5.74) is 5.46. The lowest BCUT2D eigenvalue weighted by Gasteiger charge is -1.97. The first-order chi connectivity index (χ1) is 6.66. The van der Waals surface area contributed by atoms with E-state index in [0.29, 0.717) is 5.92 Å². The van der Waals surface area contributed by atoms with Crippen molar-refractivity contribution in [3.8, 4) is 11.1 Å². The largest absolute Gasteiger partial charge is 0.0614 e. The first-order valence-corrected chi connectivity index (χ1v) is 5.17. The number of hydrogen-bond acceptors (Lipinski definition) is 0. The lowest BCUT2D eigenvalue weighted by Crippen LogP contribution is -1.79. The molecule has 0 aromatic heterocycles. The molecule has 14 heavy (non-hydrogen) atoms. The number of fused-ring (bicyclic) bond motifs is 1. The Kier molecular flexibility index (Phi) is 2.28. The third-order valence-corrected chi connectivity index (χ3v) is 2.66. The fourth-order valence-electron chi connectivity index (χ4n) is 1.77. The standard InChI is InChI=1S/C14H16/c1-10(2)13-8-12-6-4-5-11(3)7-14(12)9-13/h4-10H,1-3H3. The number of rotatable bonds is 1. The SMILES string of the molecule is Cc1cccc2cc(C(C)C)cc-2c1. The van der Waals surface area contributed by atoms with Crippen molar-refractivity contribution in [1.29, 1.82) is 0 Å². The summed E-state index contributed by atoms with van der Waals surface area (Å²) in [6, 6.07) is 13.3. The van der Waals surface area contributed by atoms with E-state index >= 15 is 0 Å². The molecule has 0 atom stereocenters. The van der Waals surface area contributed by atoms with Crippen LogP contribution in [0.5, 0.6) is 0 Å². The van der Waals surface area contributed by atoms with Gasteiger partial charge in [0.05, 0.1) is 0 Å². The molecule has 2 rings (SSSR count). The van der Waals surface area contributed by atoms with Crippen LogP contribution in [-0.4, -0.2) is 0 Å². The quantitative estimate of drug-likeness (QED) is 0.622. The second-order valence-corrected chi connectivity index (χ2v) is 4.27. The van der Waals surface area contributed by atoms with E-state index in [2.05, 4.69) is 57.2 Å². The van der Waals surface area contributed by atoms with E-state index in [1.54, 1.807) is 0 Å². The van der Waals surface area contributed by atoms with Crippen molar-refractivity contribution in [2.45, 2.75) is 26.7 Å². The molecule has 0 aliphatic heterocycles. The van der Waals surface area contributed by atoms with Gasteiger partial charge in [-0.25, -0.2) is 0 Å². The minimum absolute atomic E-state index is 0.619. The Labute approximate surface area is 85.9 Å². The Bertz CT molecular complexity index is 413. The van der Waals surface area contributed by atoms with Crippen LogP contribution in [0.25, 0.3) is 11.1 Å². The van der Waals surface area contributed by atoms with Crippen LogP contribution in [0, 0.1) is 6.92 Å². The first kappa shape index (κ1) is 9.26. The van der Waals surface area contributed by atoms with Gasteiger partial charge in [-0.05, 0) is 29.5 Å². The lowest BCUT2D eigenvalue weighted by atomic mass is 10.1. The molecular formula is C14H16. The van der Waals surface area contributed by atoms with Gasteiger partial charge < -0.3 is 0 Å². The van der Waals surface area contributed by atoms with Gasteiger partial charge in [0.2, 0.25) is 0 Å². The molecule has 0 bridgehead atoms. The third kappa shape index (κ3) is 1.65. The third-order valence-electron chi connectivity index (χ3n) is 2.66. The van der Waals surface area contributed by atoms with Gasteiger partial charge in [-0.15, -0.1) is 0 Å². The number of hydrogen-bond donors (Lipinski definition) is 0. The molecule has 0 heterocycles. The summed E-state index contributed by atoms with van der Waals surface area (Å²) in [6.45, 7) is 6.61. The zero-order valence-electron chi connectivity index (χ0n) is 9.04. The summed E-state index contributed by atoms with van der Waals surface area (Å²) in [4.78, 5) is 0. The topological polar surface area (TPSA) is 0 Å². The van der Waals surface area contributed by atoms with Crippen LogP contribution in [0.15, 0.2) is 36.4 Å². The van der Waals surface area contributed by atoms with E-state index in [-0.39, 0.29) is 0 Å². The van der Waals surface area contributed by atoms with Gasteiger partial charge in [-0.3, -0.25) is 0 Å². The summed E-state index contributed by atoms with van der Waals surface area (Å²) < 4.78 is 0. The molecule has 0 N–H and O–H groups in total. The van der Waals surface area contributed by atoms with Crippen molar-refractivity contribution in [1.82, 2.24) is 0 Å². The van der Waals surface area contributed by atoms with Crippen LogP contribution in [0.2, 0.25) is 0 Å². The van der Waals surface area contributed by atoms with Gasteiger partial charge in [-0.1, -0.05) is 55.8 Å². The summed E-state index contributed by atoms with van der Waals surface area (Å²) in [5.74, 6) is 0.619. The van der Waals surface area contributed by atoms with E-state index in [1.165, 1.54) is 22.3 Å². The summed E-state index contributed by atoms with van der Waals surface area (Å²) in [5, 5.41) is 0. The smallest absolute Gasteiger partial charge is 0.0178 e. The van der Waals surface area contributed by atoms with Crippen LogP contribution in [0.1, 0.15) is 30.9 Å². The van der Waals surface area contributed by atoms with E-state index in [9.17, 15) is 0 Å². The van der Waals surface area contributed by atoms with Crippen LogP contribution in [0.4, 0.5) is 0 Å². The monoisotopic (exact) mass is 184 g/mol. The molecule has 0 amide bonds. The van der Waals surface area contributed by atoms with Crippen molar-refractivity contribution in [3.05, 3.63) is 47.5 Å². The molecule has 0 heteroatoms. The molecule has 72 valence electrons. The van der Waals surface area contributed by atoms with E-state index in [0.717, 1.165) is 0 Å². The average molecular weight is 184 g/mol. The fourth-order valence-corrected chi connectivity index (χ4v) is 1.77. The van der Waals surface area contributed by atoms with Gasteiger partial charge in [0.25, 0.3) is 0 Å². The summed E-state index contributed by atoms with van der Waals surface area (Å²) >= 11 is 0. The zero-order valence-corrected chi connectivity index (χ0v) is 9.04. The van der Waals surface area contributed by atoms with Gasteiger partial charge in [0, 0.05) is 0 Å². The van der Waals surface area contributed by atoms with Gasteiger partial charge >= 0.3 is 0 Å². The minimum Gasteiger partial charge on any atom is -0.0614 e. The molecular weight excluding hydrogens is 168 g/mol. The summed E-state index contributed by atoms with van der Waals surface area (Å²) in [7, 11) is 0. The van der Waals surface area contributed by atoms with Crippen molar-refractivity contribution in [2.75, 3.05) is 0 Å². The Hall–Kier alpha value is -1.30. The molecule has 0 saturated heterocycles. The van der Waals surface area contributed by atoms with Crippen LogP contribution in [0.3, 0.4) is 0 Å². The van der Waals surface area contributed by atoms with Crippen molar-refractivity contribution in [3.63, 3.8) is 0 Å². The van der Waals surface area contributed by atoms with Crippen molar-refractivity contribution >= 4 is 0 Å². The zero-order chi connectivity index (χ0) is 10.1. The van der Waals surface area contributed by atoms with Crippen molar-refractivity contribution in [2.24, 2.45) is 0 Å². The predicted octanol–water partition coefficient (Wildman–Crippen LogP) is 4.22. The molecule has 0 aromatic carbocycles. The van der Waals surface area contributed by atoms with Crippen LogP contribution >= 0.6 is 0 Å². The molecule has 0 aromatic rings. The molecule has 2 aliphatic rings. The lowest BCUT2D eigenvalue weighted by molar-refractivity contribution is 0.872. The molecule has 2 aliphatic carbocycles. The Balaban J connectivity index is 2.60. The molecule has 0 radical (unpaired) electrons. The Morgan fingerprint density at radius 2 is 1.64 bits per heavy atom. The van der Waals surface area contributed by atoms with E-state index in [4.69, 9.17) is 0 Å². The highest BCUT2D eigenvalue weighted by molar-refractivity contribution is 5.69. The minimum atomic E-state index is 0.619. The Morgan fingerprint density at radius 1 is 0.929 bits per heavy atom. The average Bonchev–Trinajstić information content (AvgIpc) is 2.42. The maximum atomic E-state index is 2.30. The predicted molar refractivity (Wildman–Crippen MR) is 61.9 cm³/mol. The molecule has 0 spiro atoms. The highest BCUT2D eigenvalue weighted by atomic mass is 14.1. The normalized spacial score (nSPS) is 11.1. The maximum absolute atomic E-state index is 2.30. The van der Waals surface area contributed by atoms with Gasteiger partial charge in [0.1, 0.15) is 0 Å². The second kappa shape index (κ2) is 3.45. The van der Waals surface area contributed by atoms with Crippen LogP contribution in [-0.2, 0) is 0 Å². The second-order valence-electron chi connectivity index (χ2n) is 4.27. The van der Waals surface area contributed by atoms with Gasteiger partial charge in [0.15, 0.2) is 0 Å². The molecule has 0 fully saturated rings. The fraction of sp³-hybridized carbons (Fsp3) is 0.286. The first-order valence-electron chi connectivity index (χ1n) is 5.17. The Morgan fingerprint density at radius 3 is 2.36 bits per heavy atom. The van der Waals surface area contributed by atoms with Crippen LogP contribution < -0.4 is 0 Å². The van der Waals surface area contributed by atoms with Crippen molar-refractivity contribution < 1.29 is 0 Å². The highest BCUT2D eigenvalue weighted by Gasteiger charge is 2.07. The highest BCUT2D eigenvalue weighted by Crippen LogP contribution is 2.29. The molecule has 0 nitrogen and oxygen atoms in total.